The van der Waals surface area contributed by atoms with Crippen LogP contribution in [0.5, 0.6) is 11.5 Å². The minimum Gasteiger partial charge on any atom is -0.480 e. The molecule has 0 bridgehead atoms. The summed E-state index contributed by atoms with van der Waals surface area (Å²) in [4.78, 5) is 21.6. The van der Waals surface area contributed by atoms with Gasteiger partial charge < -0.3 is 14.6 Å². The molecular formula is C21H25NO6S. The molecule has 2 rings (SSSR count). The molecule has 2 aromatic rings. The molecule has 1 unspecified atom stereocenters. The summed E-state index contributed by atoms with van der Waals surface area (Å²) in [6.07, 6.45) is 1.92. The third-order valence-corrected chi connectivity index (χ3v) is 6.14. The quantitative estimate of drug-likeness (QED) is 0.538. The fourth-order valence-corrected chi connectivity index (χ4v) is 4.33. The van der Waals surface area contributed by atoms with E-state index in [-0.39, 0.29) is 10.6 Å². The van der Waals surface area contributed by atoms with E-state index in [9.17, 15) is 18.0 Å². The molecule has 156 valence electrons. The van der Waals surface area contributed by atoms with E-state index in [0.717, 1.165) is 12.8 Å². The van der Waals surface area contributed by atoms with Gasteiger partial charge in [0.05, 0.1) is 0 Å². The highest BCUT2D eigenvalue weighted by atomic mass is 32.2. The Morgan fingerprint density at radius 1 is 1.10 bits per heavy atom. The number of ether oxygens (including phenoxy) is 1. The molecular weight excluding hydrogens is 394 g/mol. The Balaban J connectivity index is 2.28. The van der Waals surface area contributed by atoms with Crippen LogP contribution in [0.3, 0.4) is 0 Å². The summed E-state index contributed by atoms with van der Waals surface area (Å²) >= 11 is 0. The van der Waals surface area contributed by atoms with Crippen LogP contribution in [0.1, 0.15) is 44.6 Å². The second kappa shape index (κ2) is 10.2. The smallest absolute Gasteiger partial charge is 0.322 e. The summed E-state index contributed by atoms with van der Waals surface area (Å²) in [5, 5.41) is 9.11. The molecule has 2 aromatic carbocycles. The molecule has 1 atom stereocenters. The second-order valence-corrected chi connectivity index (χ2v) is 8.23. The van der Waals surface area contributed by atoms with Crippen molar-refractivity contribution in [1.82, 2.24) is 4.72 Å². The number of hydrogen-bond acceptors (Lipinski definition) is 5. The van der Waals surface area contributed by atoms with Crippen molar-refractivity contribution in [3.63, 3.8) is 0 Å². The predicted molar refractivity (Wildman–Crippen MR) is 109 cm³/mol. The van der Waals surface area contributed by atoms with Crippen LogP contribution in [0, 0.1) is 0 Å². The van der Waals surface area contributed by atoms with E-state index in [4.69, 9.17) is 9.84 Å². The zero-order valence-electron chi connectivity index (χ0n) is 16.4. The van der Waals surface area contributed by atoms with Crippen molar-refractivity contribution in [1.29, 1.82) is 0 Å². The number of carbonyl (C=O) groups is 2. The van der Waals surface area contributed by atoms with Gasteiger partial charge in [-0.15, -0.1) is 0 Å². The minimum absolute atomic E-state index is 0.0607. The number of aliphatic carboxylic acids is 1. The summed E-state index contributed by atoms with van der Waals surface area (Å²) in [6, 6.07) is 11.8. The zero-order chi connectivity index (χ0) is 21.4. The van der Waals surface area contributed by atoms with Gasteiger partial charge in [-0.25, -0.2) is 8.42 Å². The largest absolute Gasteiger partial charge is 0.480 e. The first-order valence-electron chi connectivity index (χ1n) is 9.38. The van der Waals surface area contributed by atoms with E-state index in [2.05, 4.69) is 13.8 Å². The Labute approximate surface area is 170 Å². The highest BCUT2D eigenvalue weighted by molar-refractivity contribution is 7.89. The lowest BCUT2D eigenvalue weighted by atomic mass is 9.94. The highest BCUT2D eigenvalue weighted by Crippen LogP contribution is 2.31. The number of nitrogens with one attached hydrogen (secondary N) is 1. The average molecular weight is 419 g/mol. The third kappa shape index (κ3) is 5.88. The van der Waals surface area contributed by atoms with E-state index >= 15 is 0 Å². The van der Waals surface area contributed by atoms with E-state index in [0.29, 0.717) is 18.0 Å². The Morgan fingerprint density at radius 2 is 1.72 bits per heavy atom. The van der Waals surface area contributed by atoms with Crippen molar-refractivity contribution in [2.75, 3.05) is 0 Å². The molecule has 0 radical (unpaired) electrons. The maximum atomic E-state index is 12.7. The number of carbonyl (C=O) groups excluding carboxylic acids is 1. The van der Waals surface area contributed by atoms with Crippen molar-refractivity contribution in [2.24, 2.45) is 0 Å². The molecule has 0 fully saturated rings. The molecule has 0 aliphatic heterocycles. The Kier molecular flexibility index (Phi) is 7.92. The molecule has 29 heavy (non-hydrogen) atoms. The first-order chi connectivity index (χ1) is 13.8. The number of aldehydes is 1. The van der Waals surface area contributed by atoms with Crippen LogP contribution in [-0.4, -0.2) is 31.8 Å². The standard InChI is InChI=1S/C21H25NO6S/c1-3-15(4-2)16-9-11-17(12-10-16)28-19-7-5-6-8-20(19)29(26,27)22-18(13-14-23)21(24)25/h5-12,14-15,18,22H,3-4,13H2,1-2H3,(H,24,25). The van der Waals surface area contributed by atoms with Crippen LogP contribution >= 0.6 is 0 Å². The van der Waals surface area contributed by atoms with Crippen LogP contribution in [0.25, 0.3) is 0 Å². The first kappa shape index (κ1) is 22.6. The van der Waals surface area contributed by atoms with Gasteiger partial charge in [-0.05, 0) is 48.6 Å². The monoisotopic (exact) mass is 419 g/mol. The van der Waals surface area contributed by atoms with Crippen molar-refractivity contribution >= 4 is 22.3 Å². The Hall–Kier alpha value is -2.71. The number of para-hydroxylation sites is 1. The second-order valence-electron chi connectivity index (χ2n) is 6.55. The highest BCUT2D eigenvalue weighted by Gasteiger charge is 2.27. The van der Waals surface area contributed by atoms with Gasteiger partial charge >= 0.3 is 5.97 Å². The summed E-state index contributed by atoms with van der Waals surface area (Å²) in [6.45, 7) is 4.25. The van der Waals surface area contributed by atoms with Crippen LogP contribution in [-0.2, 0) is 19.6 Å². The molecule has 0 saturated heterocycles. The molecule has 0 aliphatic rings. The molecule has 0 aromatic heterocycles. The van der Waals surface area contributed by atoms with Crippen molar-refractivity contribution in [3.05, 3.63) is 54.1 Å². The maximum absolute atomic E-state index is 12.7. The minimum atomic E-state index is -4.22. The lowest BCUT2D eigenvalue weighted by Gasteiger charge is -2.16. The fraction of sp³-hybridized carbons (Fsp3) is 0.333. The van der Waals surface area contributed by atoms with Crippen molar-refractivity contribution in [3.8, 4) is 11.5 Å². The van der Waals surface area contributed by atoms with Gasteiger partial charge in [0.25, 0.3) is 0 Å². The van der Waals surface area contributed by atoms with E-state index in [1.807, 2.05) is 16.9 Å². The molecule has 0 spiro atoms. The van der Waals surface area contributed by atoms with Gasteiger partial charge in [0.1, 0.15) is 28.7 Å². The summed E-state index contributed by atoms with van der Waals surface area (Å²) in [5.41, 5.74) is 1.18. The summed E-state index contributed by atoms with van der Waals surface area (Å²) in [5.74, 6) is -0.460. The first-order valence-corrected chi connectivity index (χ1v) is 10.9. The van der Waals surface area contributed by atoms with Gasteiger partial charge in [0.2, 0.25) is 10.0 Å². The van der Waals surface area contributed by atoms with Gasteiger partial charge in [-0.1, -0.05) is 38.1 Å². The lowest BCUT2D eigenvalue weighted by molar-refractivity contribution is -0.139. The van der Waals surface area contributed by atoms with Crippen LogP contribution < -0.4 is 9.46 Å². The lowest BCUT2D eigenvalue weighted by Crippen LogP contribution is -2.41. The topological polar surface area (TPSA) is 110 Å². The van der Waals surface area contributed by atoms with Gasteiger partial charge in [0.15, 0.2) is 0 Å². The van der Waals surface area contributed by atoms with Gasteiger partial charge in [0, 0.05) is 6.42 Å². The van der Waals surface area contributed by atoms with Crippen molar-refractivity contribution in [2.45, 2.75) is 50.0 Å². The van der Waals surface area contributed by atoms with Crippen LogP contribution in [0.4, 0.5) is 0 Å². The third-order valence-electron chi connectivity index (χ3n) is 4.63. The van der Waals surface area contributed by atoms with E-state index in [1.54, 1.807) is 18.2 Å². The molecule has 0 amide bonds. The Morgan fingerprint density at radius 3 is 2.28 bits per heavy atom. The molecule has 0 saturated carbocycles. The number of carboxylic acid groups (broad SMARTS) is 1. The van der Waals surface area contributed by atoms with E-state index in [1.165, 1.54) is 23.8 Å². The molecule has 0 heterocycles. The maximum Gasteiger partial charge on any atom is 0.322 e. The molecule has 8 heteroatoms. The number of hydrogen-bond donors (Lipinski definition) is 2. The summed E-state index contributed by atoms with van der Waals surface area (Å²) < 4.78 is 33.2. The van der Waals surface area contributed by atoms with E-state index < -0.39 is 28.5 Å². The molecule has 7 nitrogen and oxygen atoms in total. The van der Waals surface area contributed by atoms with Gasteiger partial charge in [-0.2, -0.15) is 4.72 Å². The summed E-state index contributed by atoms with van der Waals surface area (Å²) in [7, 11) is -4.22. The normalized spacial score (nSPS) is 12.5. The van der Waals surface area contributed by atoms with Crippen molar-refractivity contribution < 1.29 is 27.9 Å². The average Bonchev–Trinajstić information content (AvgIpc) is 2.70. The number of rotatable bonds is 11. The molecule has 2 N–H and O–H groups in total. The molecule has 0 aliphatic carbocycles. The van der Waals surface area contributed by atoms with Crippen LogP contribution in [0.15, 0.2) is 53.4 Å². The van der Waals surface area contributed by atoms with Crippen LogP contribution in [0.2, 0.25) is 0 Å². The van der Waals surface area contributed by atoms with Gasteiger partial charge in [-0.3, -0.25) is 4.79 Å². The number of benzene rings is 2. The number of sulfonamides is 1. The fourth-order valence-electron chi connectivity index (χ4n) is 3.00. The predicted octanol–water partition coefficient (Wildman–Crippen LogP) is 3.70. The zero-order valence-corrected chi connectivity index (χ0v) is 17.2. The SMILES string of the molecule is CCC(CC)c1ccc(Oc2ccccc2S(=O)(=O)NC(CC=O)C(=O)O)cc1. The number of carboxylic acids is 1. The Bertz CT molecular complexity index is 936.